The number of ether oxygens (including phenoxy) is 2. The summed E-state index contributed by atoms with van der Waals surface area (Å²) in [5.74, 6) is -0.809. The number of imide groups is 1. The number of hydrogen-bond donors (Lipinski definition) is 1. The van der Waals surface area contributed by atoms with E-state index in [0.29, 0.717) is 0 Å². The zero-order valence-corrected chi connectivity index (χ0v) is 17.7. The summed E-state index contributed by atoms with van der Waals surface area (Å²) in [4.78, 5) is 34.5. The first-order valence-electron chi connectivity index (χ1n) is 10.5. The van der Waals surface area contributed by atoms with Crippen LogP contribution in [0.4, 0.5) is 0 Å². The molecule has 30 heavy (non-hydrogen) atoms. The van der Waals surface area contributed by atoms with E-state index in [9.17, 15) is 14.4 Å². The van der Waals surface area contributed by atoms with Crippen LogP contribution in [0.15, 0.2) is 42.5 Å². The van der Waals surface area contributed by atoms with Gasteiger partial charge in [-0.15, -0.1) is 6.58 Å². The molecule has 0 atom stereocenters. The molecule has 1 aromatic rings. The maximum Gasteiger partial charge on any atom is 0.310 e. The normalized spacial score (nSPS) is 13.0. The number of unbranched alkanes of at least 4 members (excludes halogenated alkanes) is 6. The van der Waals surface area contributed by atoms with E-state index >= 15 is 0 Å². The van der Waals surface area contributed by atoms with Crippen molar-refractivity contribution in [1.82, 2.24) is 5.32 Å². The lowest BCUT2D eigenvalue weighted by molar-refractivity contribution is -0.144. The molecule has 162 valence electrons. The molecule has 2 amide bonds. The predicted molar refractivity (Wildman–Crippen MR) is 115 cm³/mol. The molecule has 0 radical (unpaired) electrons. The maximum absolute atomic E-state index is 11.9. The van der Waals surface area contributed by atoms with Gasteiger partial charge in [-0.2, -0.15) is 0 Å². The zero-order chi connectivity index (χ0) is 21.8. The van der Waals surface area contributed by atoms with Crippen molar-refractivity contribution in [3.63, 3.8) is 0 Å². The highest BCUT2D eigenvalue weighted by molar-refractivity contribution is 6.17. The van der Waals surface area contributed by atoms with Gasteiger partial charge in [0.1, 0.15) is 12.4 Å². The Labute approximate surface area is 178 Å². The molecule has 0 aliphatic carbocycles. The van der Waals surface area contributed by atoms with E-state index in [1.54, 1.807) is 7.11 Å². The molecule has 6 nitrogen and oxygen atoms in total. The number of nitrogens with one attached hydrogen (secondary N) is 1. The number of amides is 2. The lowest BCUT2D eigenvalue weighted by Gasteiger charge is -2.11. The Morgan fingerprint density at radius 2 is 1.83 bits per heavy atom. The number of rotatable bonds is 14. The number of hydrogen-bond acceptors (Lipinski definition) is 5. The van der Waals surface area contributed by atoms with Crippen LogP contribution in [-0.4, -0.2) is 24.9 Å². The fourth-order valence-electron chi connectivity index (χ4n) is 3.35. The monoisotopic (exact) mass is 413 g/mol. The lowest BCUT2D eigenvalue weighted by atomic mass is 10.0. The van der Waals surface area contributed by atoms with Crippen molar-refractivity contribution in [2.45, 2.75) is 64.4 Å². The van der Waals surface area contributed by atoms with E-state index in [4.69, 9.17) is 9.47 Å². The molecular weight excluding hydrogens is 382 g/mol. The minimum Gasteiger partial charge on any atom is -0.496 e. The van der Waals surface area contributed by atoms with Crippen molar-refractivity contribution in [2.24, 2.45) is 0 Å². The lowest BCUT2D eigenvalue weighted by Crippen LogP contribution is -2.23. The van der Waals surface area contributed by atoms with Gasteiger partial charge in [-0.1, -0.05) is 43.9 Å². The van der Waals surface area contributed by atoms with Crippen molar-refractivity contribution in [3.05, 3.63) is 53.6 Å². The Hall–Kier alpha value is -2.89. The first-order valence-corrected chi connectivity index (χ1v) is 10.5. The van der Waals surface area contributed by atoms with Gasteiger partial charge in [0.25, 0.3) is 11.8 Å². The standard InChI is InChI=1S/C24H31NO5/c1-3-4-5-6-7-8-9-10-11-19-13-12-18(14-21(19)29-2)17-30-23(27)16-20-15-22(26)25-24(20)28/h3,12-15H,1,4-11,16-17H2,2H3,(H,25,26,28). The molecular formula is C24H31NO5. The molecule has 0 fully saturated rings. The number of carbonyl (C=O) groups is 3. The molecule has 6 heteroatoms. The van der Waals surface area contributed by atoms with E-state index in [2.05, 4.69) is 11.9 Å². The van der Waals surface area contributed by atoms with Gasteiger partial charge >= 0.3 is 5.97 Å². The highest BCUT2D eigenvalue weighted by Crippen LogP contribution is 2.23. The Balaban J connectivity index is 1.74. The molecule has 2 rings (SSSR count). The van der Waals surface area contributed by atoms with Crippen LogP contribution in [0.3, 0.4) is 0 Å². The fourth-order valence-corrected chi connectivity index (χ4v) is 3.35. The van der Waals surface area contributed by atoms with E-state index in [1.165, 1.54) is 32.1 Å². The number of esters is 1. The van der Waals surface area contributed by atoms with Crippen LogP contribution in [0.25, 0.3) is 0 Å². The minimum atomic E-state index is -0.553. The molecule has 1 aliphatic rings. The van der Waals surface area contributed by atoms with Crippen LogP contribution >= 0.6 is 0 Å². The summed E-state index contributed by atoms with van der Waals surface area (Å²) in [6, 6.07) is 5.81. The van der Waals surface area contributed by atoms with Crippen molar-refractivity contribution in [1.29, 1.82) is 0 Å². The Morgan fingerprint density at radius 3 is 2.50 bits per heavy atom. The molecule has 0 aromatic heterocycles. The highest BCUT2D eigenvalue weighted by atomic mass is 16.5. The maximum atomic E-state index is 11.9. The second-order valence-electron chi connectivity index (χ2n) is 7.42. The van der Waals surface area contributed by atoms with Crippen molar-refractivity contribution in [3.8, 4) is 5.75 Å². The van der Waals surface area contributed by atoms with Crippen LogP contribution < -0.4 is 10.1 Å². The minimum absolute atomic E-state index is 0.0863. The van der Waals surface area contributed by atoms with Crippen LogP contribution in [0, 0.1) is 0 Å². The third kappa shape index (κ3) is 7.85. The summed E-state index contributed by atoms with van der Waals surface area (Å²) in [5, 5.41) is 2.10. The van der Waals surface area contributed by atoms with Crippen LogP contribution in [0.5, 0.6) is 5.75 Å². The number of methoxy groups -OCH3 is 1. The van der Waals surface area contributed by atoms with Gasteiger partial charge in [-0.25, -0.2) is 0 Å². The van der Waals surface area contributed by atoms with E-state index < -0.39 is 17.8 Å². The topological polar surface area (TPSA) is 81.7 Å². The van der Waals surface area contributed by atoms with Gasteiger partial charge in [-0.3, -0.25) is 19.7 Å². The number of benzene rings is 1. The second kappa shape index (κ2) is 12.6. The number of carbonyl (C=O) groups excluding carboxylic acids is 3. The van der Waals surface area contributed by atoms with Gasteiger partial charge in [0.2, 0.25) is 0 Å². The molecule has 1 aromatic carbocycles. The summed E-state index contributed by atoms with van der Waals surface area (Å²) in [6.45, 7) is 3.83. The molecule has 0 saturated heterocycles. The van der Waals surface area contributed by atoms with Crippen molar-refractivity contribution in [2.75, 3.05) is 7.11 Å². The Bertz CT molecular complexity index is 797. The SMILES string of the molecule is C=CCCCCCCCCc1ccc(COC(=O)CC2=CC(=O)NC2=O)cc1OC. The average molecular weight is 414 g/mol. The molecule has 0 bridgehead atoms. The Kier molecular flexibility index (Phi) is 9.84. The summed E-state index contributed by atoms with van der Waals surface area (Å²) in [6.07, 6.45) is 12.3. The van der Waals surface area contributed by atoms with Gasteiger partial charge in [0.05, 0.1) is 13.5 Å². The first-order chi connectivity index (χ1) is 14.5. The van der Waals surface area contributed by atoms with Crippen LogP contribution in [0.2, 0.25) is 0 Å². The number of aryl methyl sites for hydroxylation is 1. The molecule has 0 spiro atoms. The number of allylic oxidation sites excluding steroid dienone is 1. The predicted octanol–water partition coefficient (Wildman–Crippen LogP) is 4.17. The molecule has 0 saturated carbocycles. The summed E-state index contributed by atoms with van der Waals surface area (Å²) >= 11 is 0. The van der Waals surface area contributed by atoms with E-state index in [0.717, 1.165) is 42.2 Å². The van der Waals surface area contributed by atoms with Gasteiger partial charge in [0.15, 0.2) is 0 Å². The first kappa shape index (κ1) is 23.4. The fraction of sp³-hybridized carbons (Fsp3) is 0.458. The smallest absolute Gasteiger partial charge is 0.310 e. The summed E-state index contributed by atoms with van der Waals surface area (Å²) in [7, 11) is 1.64. The molecule has 1 aliphatic heterocycles. The summed E-state index contributed by atoms with van der Waals surface area (Å²) < 4.78 is 10.7. The van der Waals surface area contributed by atoms with E-state index in [-0.39, 0.29) is 18.6 Å². The van der Waals surface area contributed by atoms with Crippen LogP contribution in [0.1, 0.15) is 62.5 Å². The van der Waals surface area contributed by atoms with E-state index in [1.807, 2.05) is 24.3 Å². The van der Waals surface area contributed by atoms with Gasteiger partial charge in [0, 0.05) is 11.6 Å². The third-order valence-electron chi connectivity index (χ3n) is 5.02. The highest BCUT2D eigenvalue weighted by Gasteiger charge is 2.23. The molecule has 1 N–H and O–H groups in total. The zero-order valence-electron chi connectivity index (χ0n) is 17.7. The third-order valence-corrected chi connectivity index (χ3v) is 5.02. The van der Waals surface area contributed by atoms with Crippen LogP contribution in [-0.2, 0) is 32.1 Å². The Morgan fingerprint density at radius 1 is 1.10 bits per heavy atom. The summed E-state index contributed by atoms with van der Waals surface area (Å²) in [5.41, 5.74) is 2.08. The quantitative estimate of drug-likeness (QED) is 0.214. The van der Waals surface area contributed by atoms with Gasteiger partial charge in [-0.05, 0) is 42.9 Å². The largest absolute Gasteiger partial charge is 0.496 e. The molecule has 1 heterocycles. The second-order valence-corrected chi connectivity index (χ2v) is 7.42. The van der Waals surface area contributed by atoms with Crippen molar-refractivity contribution >= 4 is 17.8 Å². The van der Waals surface area contributed by atoms with Gasteiger partial charge < -0.3 is 9.47 Å². The molecule has 0 unspecified atom stereocenters. The van der Waals surface area contributed by atoms with Crippen molar-refractivity contribution < 1.29 is 23.9 Å². The average Bonchev–Trinajstić information content (AvgIpc) is 3.05.